The number of hydrogen-bond acceptors (Lipinski definition) is 8. The Kier molecular flexibility index (Phi) is 10.9. The molecular weight excluding hydrogens is 624 g/mol. The van der Waals surface area contributed by atoms with Crippen LogP contribution in [0.1, 0.15) is 107 Å². The van der Waals surface area contributed by atoms with E-state index in [4.69, 9.17) is 4.74 Å². The fraction of sp³-hybridized carbons (Fsp3) is 0.732. The standard InChI is InChI=1S/C41H60N6O3/c1-4-36(48)47-24-23-46(27-32(47)19-21-42)41(31-14-8-6-5-7-9-15-31)35-18-20-40(25-29(2)34-17-11-10-13-30(34)26-40)38(49)37(35)43-39(44-41)50-28-33-16-12-22-45(33)3/h4,10-11,13,17,29,31-33,35,37,39,43-44H,1,5-9,12,14-16,18-20,22-28H2,2-3H3. The lowest BCUT2D eigenvalue weighted by Crippen LogP contribution is -2.83. The second kappa shape index (κ2) is 15.2. The predicted molar refractivity (Wildman–Crippen MR) is 195 cm³/mol. The van der Waals surface area contributed by atoms with Crippen molar-refractivity contribution >= 4 is 11.7 Å². The molecule has 1 amide bonds. The SMILES string of the molecule is C=CC(=O)N1CCN(C2(C3CCCCCCC3)NC(OCC3CCCN3C)NC3C(=O)C4(CCC32)Cc2ccccc2C(C)C4)CC1CC#N. The zero-order valence-corrected chi connectivity index (χ0v) is 30.6. The molecule has 9 heteroatoms. The van der Waals surface area contributed by atoms with Crippen LogP contribution < -0.4 is 10.6 Å². The molecule has 2 N–H and O–H groups in total. The number of piperazine rings is 1. The number of likely N-dealkylation sites (tertiary alicyclic amines) is 1. The number of nitriles is 1. The van der Waals surface area contributed by atoms with Gasteiger partial charge in [-0.2, -0.15) is 5.26 Å². The highest BCUT2D eigenvalue weighted by Crippen LogP contribution is 2.54. The van der Waals surface area contributed by atoms with Crippen molar-refractivity contribution in [1.29, 1.82) is 5.26 Å². The van der Waals surface area contributed by atoms with E-state index in [-0.39, 0.29) is 35.7 Å². The fourth-order valence-electron chi connectivity index (χ4n) is 11.4. The quantitative estimate of drug-likeness (QED) is 0.372. The van der Waals surface area contributed by atoms with Crippen LogP contribution >= 0.6 is 0 Å². The number of fused-ring (bicyclic) bond motifs is 2. The Morgan fingerprint density at radius 2 is 1.84 bits per heavy atom. The number of nitrogens with zero attached hydrogens (tertiary/aromatic N) is 4. The summed E-state index contributed by atoms with van der Waals surface area (Å²) in [7, 11) is 2.19. The average Bonchev–Trinajstić information content (AvgIpc) is 3.52. The summed E-state index contributed by atoms with van der Waals surface area (Å²) in [4.78, 5) is 35.3. The first-order valence-electron chi connectivity index (χ1n) is 19.8. The molecule has 8 unspecified atom stereocenters. The van der Waals surface area contributed by atoms with Gasteiger partial charge in [-0.15, -0.1) is 0 Å². The first-order valence-corrected chi connectivity index (χ1v) is 19.8. The van der Waals surface area contributed by atoms with Gasteiger partial charge in [-0.1, -0.05) is 69.9 Å². The van der Waals surface area contributed by atoms with Crippen LogP contribution in [0.4, 0.5) is 0 Å². The molecule has 3 heterocycles. The highest BCUT2D eigenvalue weighted by atomic mass is 16.5. The Morgan fingerprint density at radius 3 is 2.58 bits per heavy atom. The molecule has 1 spiro atoms. The summed E-state index contributed by atoms with van der Waals surface area (Å²) in [6.07, 6.45) is 15.4. The van der Waals surface area contributed by atoms with Crippen LogP contribution in [0.5, 0.6) is 0 Å². The number of amides is 1. The molecule has 1 aromatic carbocycles. The lowest BCUT2D eigenvalue weighted by atomic mass is 9.54. The first kappa shape index (κ1) is 35.8. The molecule has 3 saturated heterocycles. The maximum Gasteiger partial charge on any atom is 0.246 e. The number of carbonyl (C=O) groups is 2. The number of ether oxygens (including phenoxy) is 1. The Balaban J connectivity index is 1.28. The molecule has 9 nitrogen and oxygen atoms in total. The Hall–Kier alpha value is -2.61. The number of benzene rings is 1. The number of rotatable bonds is 7. The van der Waals surface area contributed by atoms with Crippen LogP contribution in [0.2, 0.25) is 0 Å². The predicted octanol–water partition coefficient (Wildman–Crippen LogP) is 5.33. The van der Waals surface area contributed by atoms with Gasteiger partial charge < -0.3 is 14.5 Å². The monoisotopic (exact) mass is 684 g/mol. The van der Waals surface area contributed by atoms with E-state index in [9.17, 15) is 10.1 Å². The van der Waals surface area contributed by atoms with Crippen LogP contribution in [-0.4, -0.2) is 96.4 Å². The van der Waals surface area contributed by atoms with Crippen molar-refractivity contribution in [2.45, 2.75) is 133 Å². The minimum absolute atomic E-state index is 0.0518. The molecule has 7 rings (SSSR count). The largest absolute Gasteiger partial charge is 0.348 e. The number of Topliss-reactive ketones (excluding diaryl/α,β-unsaturated/α-hetero) is 1. The molecule has 5 fully saturated rings. The molecule has 6 aliphatic rings. The highest BCUT2D eigenvalue weighted by molar-refractivity contribution is 5.92. The van der Waals surface area contributed by atoms with Crippen LogP contribution in [0.3, 0.4) is 0 Å². The zero-order chi connectivity index (χ0) is 34.9. The minimum Gasteiger partial charge on any atom is -0.348 e. The Bertz CT molecular complexity index is 1440. The summed E-state index contributed by atoms with van der Waals surface area (Å²) in [5, 5.41) is 17.9. The molecule has 3 aliphatic heterocycles. The van der Waals surface area contributed by atoms with E-state index >= 15 is 4.79 Å². The average molecular weight is 685 g/mol. The van der Waals surface area contributed by atoms with Gasteiger partial charge in [0.15, 0.2) is 12.1 Å². The molecule has 2 saturated carbocycles. The van der Waals surface area contributed by atoms with Gasteiger partial charge in [0, 0.05) is 37.0 Å². The van der Waals surface area contributed by atoms with Crippen LogP contribution in [0.25, 0.3) is 0 Å². The van der Waals surface area contributed by atoms with Gasteiger partial charge in [0.25, 0.3) is 0 Å². The van der Waals surface area contributed by atoms with E-state index < -0.39 is 12.0 Å². The smallest absolute Gasteiger partial charge is 0.246 e. The lowest BCUT2D eigenvalue weighted by Gasteiger charge is -2.64. The number of hydrogen-bond donors (Lipinski definition) is 2. The molecular formula is C41H60N6O3. The summed E-state index contributed by atoms with van der Waals surface area (Å²) < 4.78 is 6.86. The zero-order valence-electron chi connectivity index (χ0n) is 30.6. The maximum atomic E-state index is 15.4. The summed E-state index contributed by atoms with van der Waals surface area (Å²) in [6.45, 7) is 9.61. The topological polar surface area (TPSA) is 101 Å². The van der Waals surface area contributed by atoms with E-state index in [2.05, 4.69) is 71.3 Å². The Labute approximate surface area is 300 Å². The summed E-state index contributed by atoms with van der Waals surface area (Å²) in [5.74, 6) is 0.979. The third kappa shape index (κ3) is 6.60. The summed E-state index contributed by atoms with van der Waals surface area (Å²) in [5.41, 5.74) is 1.84. The van der Waals surface area contributed by atoms with Crippen LogP contribution in [0, 0.1) is 28.6 Å². The second-order valence-corrected chi connectivity index (χ2v) is 16.6. The van der Waals surface area contributed by atoms with Gasteiger partial charge in [0.2, 0.25) is 5.91 Å². The normalized spacial score (nSPS) is 37.4. The minimum atomic E-state index is -0.494. The van der Waals surface area contributed by atoms with Crippen LogP contribution in [0.15, 0.2) is 36.9 Å². The number of nitrogens with one attached hydrogen (secondary N) is 2. The van der Waals surface area contributed by atoms with E-state index in [1.54, 1.807) is 0 Å². The number of ketones is 1. The van der Waals surface area contributed by atoms with Crippen molar-refractivity contribution in [3.63, 3.8) is 0 Å². The summed E-state index contributed by atoms with van der Waals surface area (Å²) in [6, 6.07) is 10.9. The summed E-state index contributed by atoms with van der Waals surface area (Å²) >= 11 is 0. The van der Waals surface area contributed by atoms with Gasteiger partial charge >= 0.3 is 0 Å². The van der Waals surface area contributed by atoms with E-state index in [1.807, 2.05) is 4.90 Å². The first-order chi connectivity index (χ1) is 24.3. The second-order valence-electron chi connectivity index (χ2n) is 16.6. The molecule has 0 aromatic heterocycles. The molecule has 1 aromatic rings. The van der Waals surface area contributed by atoms with E-state index in [0.717, 1.165) is 51.5 Å². The molecule has 0 bridgehead atoms. The number of carbonyl (C=O) groups excluding carboxylic acids is 2. The van der Waals surface area contributed by atoms with Crippen molar-refractivity contribution < 1.29 is 14.3 Å². The molecule has 50 heavy (non-hydrogen) atoms. The maximum absolute atomic E-state index is 15.4. The Morgan fingerprint density at radius 1 is 1.06 bits per heavy atom. The third-order valence-electron chi connectivity index (χ3n) is 13.9. The van der Waals surface area contributed by atoms with Crippen molar-refractivity contribution in [3.8, 4) is 6.07 Å². The van der Waals surface area contributed by atoms with Gasteiger partial charge in [-0.3, -0.25) is 25.1 Å². The fourth-order valence-corrected chi connectivity index (χ4v) is 11.4. The van der Waals surface area contributed by atoms with Gasteiger partial charge in [-0.05, 0) is 94.0 Å². The van der Waals surface area contributed by atoms with Crippen LogP contribution in [-0.2, 0) is 20.7 Å². The van der Waals surface area contributed by atoms with Gasteiger partial charge in [-0.25, -0.2) is 0 Å². The van der Waals surface area contributed by atoms with E-state index in [1.165, 1.54) is 55.7 Å². The molecule has 272 valence electrons. The van der Waals surface area contributed by atoms with Crippen molar-refractivity contribution in [2.75, 3.05) is 39.8 Å². The third-order valence-corrected chi connectivity index (χ3v) is 13.9. The van der Waals surface area contributed by atoms with Crippen molar-refractivity contribution in [2.24, 2.45) is 17.3 Å². The highest BCUT2D eigenvalue weighted by Gasteiger charge is 2.63. The lowest BCUT2D eigenvalue weighted by molar-refractivity contribution is -0.190. The number of likely N-dealkylation sites (N-methyl/N-ethyl adjacent to an activating group) is 1. The molecule has 8 atom stereocenters. The molecule has 0 radical (unpaired) electrons. The molecule has 3 aliphatic carbocycles. The van der Waals surface area contributed by atoms with Gasteiger partial charge in [0.1, 0.15) is 0 Å². The van der Waals surface area contributed by atoms with Crippen molar-refractivity contribution in [3.05, 3.63) is 48.0 Å². The van der Waals surface area contributed by atoms with E-state index in [0.29, 0.717) is 49.9 Å². The van der Waals surface area contributed by atoms with Gasteiger partial charge in [0.05, 0.1) is 36.8 Å². The van der Waals surface area contributed by atoms with Crippen molar-refractivity contribution in [1.82, 2.24) is 25.3 Å².